The van der Waals surface area contributed by atoms with Gasteiger partial charge in [-0.2, -0.15) is 0 Å². The molecule has 0 amide bonds. The van der Waals surface area contributed by atoms with Crippen molar-refractivity contribution in [3.05, 3.63) is 29.3 Å². The average molecular weight is 424 g/mol. The fourth-order valence-corrected chi connectivity index (χ4v) is 3.21. The topological polar surface area (TPSA) is 46.5 Å². The van der Waals surface area contributed by atoms with Gasteiger partial charge < -0.3 is 9.53 Å². The summed E-state index contributed by atoms with van der Waals surface area (Å²) in [7, 11) is -1.93. The zero-order chi connectivity index (χ0) is 15.7. The fraction of sp³-hybridized carbons (Fsp3) is 0.500. The highest BCUT2D eigenvalue weighted by Gasteiger charge is 2.39. The lowest BCUT2D eigenvalue weighted by atomic mass is 10.1. The van der Waals surface area contributed by atoms with Gasteiger partial charge in [0.1, 0.15) is 5.75 Å². The number of carboxylic acid groups (broad SMARTS) is 1. The van der Waals surface area contributed by atoms with Crippen molar-refractivity contribution < 1.29 is 14.3 Å². The summed E-state index contributed by atoms with van der Waals surface area (Å²) in [5.74, 6) is -0.219. The third-order valence-electron chi connectivity index (χ3n) is 3.67. The van der Waals surface area contributed by atoms with E-state index in [2.05, 4.69) is 65.7 Å². The molecule has 1 rings (SSSR count). The molecule has 112 valence electrons. The first-order valence-electron chi connectivity index (χ1n) is 6.30. The van der Waals surface area contributed by atoms with Gasteiger partial charge in [0.05, 0.1) is 9.30 Å². The summed E-state index contributed by atoms with van der Waals surface area (Å²) in [6.45, 7) is 10.8. The van der Waals surface area contributed by atoms with E-state index in [1.807, 2.05) is 0 Å². The van der Waals surface area contributed by atoms with E-state index in [0.717, 1.165) is 5.75 Å². The van der Waals surface area contributed by atoms with Crippen LogP contribution < -0.4 is 4.43 Å². The molecule has 0 aliphatic carbocycles. The molecule has 0 aromatic heterocycles. The standard InChI is InChI=1S/C14H20Br2O3Si/c1-14(2,3)20(4,5)19-9-6-7-10(13(17)18)11(8-9)12(15)16/h6-8,12H,1-5H3,(H,17,18). The Bertz CT molecular complexity index is 508. The summed E-state index contributed by atoms with van der Waals surface area (Å²) >= 11 is 6.73. The third-order valence-corrected chi connectivity index (χ3v) is 9.01. The van der Waals surface area contributed by atoms with Crippen LogP contribution in [0.2, 0.25) is 18.1 Å². The van der Waals surface area contributed by atoms with Crippen molar-refractivity contribution in [2.24, 2.45) is 0 Å². The number of halogens is 2. The Hall–Kier alpha value is -0.333. The van der Waals surface area contributed by atoms with Gasteiger partial charge in [-0.1, -0.05) is 52.6 Å². The highest BCUT2D eigenvalue weighted by molar-refractivity contribution is 9.24. The number of rotatable bonds is 4. The normalized spacial score (nSPS) is 12.6. The monoisotopic (exact) mass is 422 g/mol. The quantitative estimate of drug-likeness (QED) is 0.509. The van der Waals surface area contributed by atoms with Crippen LogP contribution in [0.4, 0.5) is 0 Å². The average Bonchev–Trinajstić information content (AvgIpc) is 2.26. The number of benzene rings is 1. The molecule has 20 heavy (non-hydrogen) atoms. The van der Waals surface area contributed by atoms with Crippen molar-refractivity contribution in [1.82, 2.24) is 0 Å². The van der Waals surface area contributed by atoms with Crippen molar-refractivity contribution in [3.8, 4) is 5.75 Å². The van der Waals surface area contributed by atoms with Crippen LogP contribution in [0.15, 0.2) is 18.2 Å². The first kappa shape index (κ1) is 17.7. The largest absolute Gasteiger partial charge is 0.543 e. The molecular weight excluding hydrogens is 404 g/mol. The maximum absolute atomic E-state index is 11.2. The van der Waals surface area contributed by atoms with Gasteiger partial charge >= 0.3 is 5.97 Å². The zero-order valence-corrected chi connectivity index (χ0v) is 16.5. The Morgan fingerprint density at radius 1 is 1.30 bits per heavy atom. The van der Waals surface area contributed by atoms with Crippen LogP contribution in [-0.4, -0.2) is 19.4 Å². The smallest absolute Gasteiger partial charge is 0.336 e. The van der Waals surface area contributed by atoms with Gasteiger partial charge in [-0.3, -0.25) is 0 Å². The Balaban J connectivity index is 3.17. The summed E-state index contributed by atoms with van der Waals surface area (Å²) in [6, 6.07) is 5.11. The summed E-state index contributed by atoms with van der Waals surface area (Å²) in [5.41, 5.74) is 0.931. The minimum Gasteiger partial charge on any atom is -0.543 e. The van der Waals surface area contributed by atoms with Crippen LogP contribution in [0.5, 0.6) is 5.75 Å². The van der Waals surface area contributed by atoms with Crippen LogP contribution >= 0.6 is 31.9 Å². The van der Waals surface area contributed by atoms with E-state index in [1.54, 1.807) is 18.2 Å². The highest BCUT2D eigenvalue weighted by atomic mass is 79.9. The molecule has 0 spiro atoms. The maximum Gasteiger partial charge on any atom is 0.336 e. The summed E-state index contributed by atoms with van der Waals surface area (Å²) in [5, 5.41) is 9.29. The van der Waals surface area contributed by atoms with Crippen LogP contribution in [0.1, 0.15) is 40.4 Å². The van der Waals surface area contributed by atoms with E-state index in [1.165, 1.54) is 0 Å². The van der Waals surface area contributed by atoms with Gasteiger partial charge in [-0.15, -0.1) is 0 Å². The second-order valence-electron chi connectivity index (χ2n) is 6.22. The molecule has 0 aliphatic heterocycles. The highest BCUT2D eigenvalue weighted by Crippen LogP contribution is 2.39. The molecule has 0 fully saturated rings. The lowest BCUT2D eigenvalue weighted by molar-refractivity contribution is 0.0696. The van der Waals surface area contributed by atoms with E-state index in [-0.39, 0.29) is 14.3 Å². The van der Waals surface area contributed by atoms with Gasteiger partial charge in [0.25, 0.3) is 0 Å². The maximum atomic E-state index is 11.2. The van der Waals surface area contributed by atoms with Gasteiger partial charge in [0.15, 0.2) is 0 Å². The van der Waals surface area contributed by atoms with E-state index >= 15 is 0 Å². The molecule has 0 atom stereocenters. The van der Waals surface area contributed by atoms with Crippen molar-refractivity contribution in [3.63, 3.8) is 0 Å². The predicted molar refractivity (Wildman–Crippen MR) is 91.8 cm³/mol. The number of alkyl halides is 2. The predicted octanol–water partition coefficient (Wildman–Crippen LogP) is 5.56. The molecule has 1 N–H and O–H groups in total. The summed E-state index contributed by atoms with van der Waals surface area (Å²) < 4.78 is 5.98. The molecular formula is C14H20Br2O3Si. The molecule has 0 radical (unpaired) electrons. The molecule has 1 aromatic carbocycles. The number of carboxylic acids is 1. The molecule has 0 aliphatic rings. The number of carbonyl (C=O) groups is 1. The van der Waals surface area contributed by atoms with Crippen molar-refractivity contribution in [2.45, 2.75) is 42.6 Å². The molecule has 3 nitrogen and oxygen atoms in total. The second kappa shape index (κ2) is 6.20. The molecule has 0 saturated heterocycles. The lowest BCUT2D eigenvalue weighted by Gasteiger charge is -2.36. The SMILES string of the molecule is CC(C)(C)[Si](C)(C)Oc1ccc(C(=O)O)c(C(Br)Br)c1. The van der Waals surface area contributed by atoms with Crippen molar-refractivity contribution in [1.29, 1.82) is 0 Å². The van der Waals surface area contributed by atoms with E-state index in [4.69, 9.17) is 4.43 Å². The third kappa shape index (κ3) is 4.08. The molecule has 0 bridgehead atoms. The zero-order valence-electron chi connectivity index (χ0n) is 12.3. The van der Waals surface area contributed by atoms with Crippen molar-refractivity contribution >= 4 is 46.1 Å². The lowest BCUT2D eigenvalue weighted by Crippen LogP contribution is -2.43. The van der Waals surface area contributed by atoms with Gasteiger partial charge in [-0.05, 0) is 41.9 Å². The summed E-state index contributed by atoms with van der Waals surface area (Å²) in [6.07, 6.45) is 0. The Morgan fingerprint density at radius 3 is 2.25 bits per heavy atom. The minimum absolute atomic E-state index is 0.0981. The van der Waals surface area contributed by atoms with Crippen LogP contribution in [0, 0.1) is 0 Å². The Morgan fingerprint density at radius 2 is 1.85 bits per heavy atom. The molecule has 1 aromatic rings. The van der Waals surface area contributed by atoms with E-state index in [0.29, 0.717) is 5.56 Å². The molecule has 0 heterocycles. The van der Waals surface area contributed by atoms with Gasteiger partial charge in [0.2, 0.25) is 8.32 Å². The Kier molecular flexibility index (Phi) is 5.49. The molecule has 0 saturated carbocycles. The van der Waals surface area contributed by atoms with E-state index < -0.39 is 14.3 Å². The van der Waals surface area contributed by atoms with Crippen LogP contribution in [0.25, 0.3) is 0 Å². The minimum atomic E-state index is -1.93. The number of hydrogen-bond acceptors (Lipinski definition) is 2. The van der Waals surface area contributed by atoms with Gasteiger partial charge in [-0.25, -0.2) is 4.79 Å². The molecule has 6 heteroatoms. The van der Waals surface area contributed by atoms with Crippen LogP contribution in [0.3, 0.4) is 0 Å². The first-order chi connectivity index (χ1) is 8.95. The summed E-state index contributed by atoms with van der Waals surface area (Å²) in [4.78, 5) is 11.2. The first-order valence-corrected chi connectivity index (χ1v) is 11.0. The Labute approximate surface area is 138 Å². The van der Waals surface area contributed by atoms with Crippen molar-refractivity contribution in [2.75, 3.05) is 0 Å². The number of aromatic carboxylic acids is 1. The molecule has 0 unspecified atom stereocenters. The fourth-order valence-electron chi connectivity index (χ4n) is 1.43. The van der Waals surface area contributed by atoms with Gasteiger partial charge in [0, 0.05) is 0 Å². The number of hydrogen-bond donors (Lipinski definition) is 1. The van der Waals surface area contributed by atoms with E-state index in [9.17, 15) is 9.90 Å². The second-order valence-corrected chi connectivity index (χ2v) is 14.0. The van der Waals surface area contributed by atoms with Crippen LogP contribution in [-0.2, 0) is 0 Å².